The van der Waals surface area contributed by atoms with Crippen LogP contribution in [0.5, 0.6) is 5.75 Å². The molecule has 1 amide bonds. The molecule has 0 radical (unpaired) electrons. The summed E-state index contributed by atoms with van der Waals surface area (Å²) in [5, 5.41) is 9.03. The topological polar surface area (TPSA) is 66.8 Å². The van der Waals surface area contributed by atoms with Crippen molar-refractivity contribution in [3.05, 3.63) is 29.8 Å². The molecule has 0 unspecified atom stereocenters. The van der Waals surface area contributed by atoms with Crippen LogP contribution in [0.25, 0.3) is 0 Å². The molecule has 1 heterocycles. The minimum atomic E-state index is -0.758. The van der Waals surface area contributed by atoms with Gasteiger partial charge in [0.25, 0.3) is 5.91 Å². The summed E-state index contributed by atoms with van der Waals surface area (Å²) in [6, 6.07) is 7.35. The fourth-order valence-electron chi connectivity index (χ4n) is 3.56. The van der Waals surface area contributed by atoms with Gasteiger partial charge in [0.2, 0.25) is 0 Å². The number of hydrogen-bond donors (Lipinski definition) is 1. The quantitative estimate of drug-likeness (QED) is 0.919. The van der Waals surface area contributed by atoms with E-state index in [1.165, 1.54) is 19.3 Å². The number of hydrogen-bond acceptors (Lipinski definition) is 3. The highest BCUT2D eigenvalue weighted by Gasteiger charge is 2.27. The zero-order chi connectivity index (χ0) is 16.9. The molecule has 0 aromatic heterocycles. The first kappa shape index (κ1) is 16.8. The summed E-state index contributed by atoms with van der Waals surface area (Å²) in [4.78, 5) is 25.2. The lowest BCUT2D eigenvalue weighted by Crippen LogP contribution is -2.40. The minimum Gasteiger partial charge on any atom is -0.490 e. The predicted octanol–water partition coefficient (Wildman–Crippen LogP) is 3.33. The van der Waals surface area contributed by atoms with Gasteiger partial charge in [-0.15, -0.1) is 0 Å². The molecule has 1 saturated carbocycles. The Morgan fingerprint density at radius 3 is 2.17 bits per heavy atom. The maximum Gasteiger partial charge on any atom is 0.306 e. The highest BCUT2D eigenvalue weighted by molar-refractivity contribution is 5.94. The number of rotatable bonds is 4. The number of carboxylic acid groups (broad SMARTS) is 1. The van der Waals surface area contributed by atoms with Gasteiger partial charge in [-0.25, -0.2) is 0 Å². The van der Waals surface area contributed by atoms with Crippen molar-refractivity contribution in [2.45, 2.75) is 51.0 Å². The first-order valence-electron chi connectivity index (χ1n) is 8.92. The van der Waals surface area contributed by atoms with Crippen LogP contribution < -0.4 is 4.74 Å². The standard InChI is InChI=1S/C19H25NO4/c21-18(20-12-10-15(11-13-20)19(22)23)14-6-8-17(9-7-14)24-16-4-2-1-3-5-16/h6-9,15-16H,1-5,10-13H2,(H,22,23). The normalized spacial score (nSPS) is 19.9. The second kappa shape index (κ2) is 7.69. The van der Waals surface area contributed by atoms with Gasteiger partial charge in [-0.2, -0.15) is 0 Å². The molecular weight excluding hydrogens is 306 g/mol. The summed E-state index contributed by atoms with van der Waals surface area (Å²) in [5.74, 6) is -0.280. The minimum absolute atomic E-state index is 0.0249. The summed E-state index contributed by atoms with van der Waals surface area (Å²) in [6.07, 6.45) is 7.34. The Morgan fingerprint density at radius 1 is 0.958 bits per heavy atom. The maximum atomic E-state index is 12.5. The summed E-state index contributed by atoms with van der Waals surface area (Å²) < 4.78 is 5.99. The molecule has 1 aliphatic heterocycles. The van der Waals surface area contributed by atoms with E-state index in [0.717, 1.165) is 18.6 Å². The second-order valence-electron chi connectivity index (χ2n) is 6.81. The molecule has 1 N–H and O–H groups in total. The van der Waals surface area contributed by atoms with Gasteiger partial charge in [-0.3, -0.25) is 9.59 Å². The van der Waals surface area contributed by atoms with E-state index in [0.29, 0.717) is 37.6 Å². The Morgan fingerprint density at radius 2 is 1.58 bits per heavy atom. The number of carbonyl (C=O) groups is 2. The first-order valence-corrected chi connectivity index (χ1v) is 8.92. The van der Waals surface area contributed by atoms with Gasteiger partial charge >= 0.3 is 5.97 Å². The van der Waals surface area contributed by atoms with Crippen LogP contribution >= 0.6 is 0 Å². The van der Waals surface area contributed by atoms with Gasteiger partial charge in [0.05, 0.1) is 12.0 Å². The number of carbonyl (C=O) groups excluding carboxylic acids is 1. The third kappa shape index (κ3) is 4.08. The Kier molecular flexibility index (Phi) is 5.38. The monoisotopic (exact) mass is 331 g/mol. The van der Waals surface area contributed by atoms with Crippen LogP contribution in [0.15, 0.2) is 24.3 Å². The lowest BCUT2D eigenvalue weighted by Gasteiger charge is -2.30. The highest BCUT2D eigenvalue weighted by atomic mass is 16.5. The fraction of sp³-hybridized carbons (Fsp3) is 0.579. The van der Waals surface area contributed by atoms with Crippen LogP contribution in [-0.4, -0.2) is 41.1 Å². The molecule has 1 saturated heterocycles. The van der Waals surface area contributed by atoms with E-state index in [1.54, 1.807) is 4.90 Å². The third-order valence-electron chi connectivity index (χ3n) is 5.09. The molecule has 3 rings (SSSR count). The SMILES string of the molecule is O=C(O)C1CCN(C(=O)c2ccc(OC3CCCCC3)cc2)CC1. The molecule has 130 valence electrons. The van der Waals surface area contributed by atoms with Crippen molar-refractivity contribution < 1.29 is 19.4 Å². The van der Waals surface area contributed by atoms with Crippen LogP contribution in [-0.2, 0) is 4.79 Å². The molecule has 5 heteroatoms. The van der Waals surface area contributed by atoms with Crippen LogP contribution in [0.4, 0.5) is 0 Å². The van der Waals surface area contributed by atoms with E-state index in [4.69, 9.17) is 9.84 Å². The summed E-state index contributed by atoms with van der Waals surface area (Å²) in [5.41, 5.74) is 0.639. The highest BCUT2D eigenvalue weighted by Crippen LogP contribution is 2.24. The molecule has 5 nitrogen and oxygen atoms in total. The van der Waals surface area contributed by atoms with Crippen LogP contribution in [0.3, 0.4) is 0 Å². The molecule has 2 aliphatic rings. The van der Waals surface area contributed by atoms with Crippen molar-refractivity contribution in [2.24, 2.45) is 5.92 Å². The number of ether oxygens (including phenoxy) is 1. The van der Waals surface area contributed by atoms with Crippen LogP contribution in [0.1, 0.15) is 55.3 Å². The van der Waals surface area contributed by atoms with Crippen molar-refractivity contribution in [3.63, 3.8) is 0 Å². The van der Waals surface area contributed by atoms with Crippen molar-refractivity contribution in [1.82, 2.24) is 4.90 Å². The van der Waals surface area contributed by atoms with Gasteiger partial charge in [-0.05, 0) is 62.8 Å². The number of piperidine rings is 1. The van der Waals surface area contributed by atoms with Crippen LogP contribution in [0, 0.1) is 5.92 Å². The summed E-state index contributed by atoms with van der Waals surface area (Å²) in [6.45, 7) is 1.02. The molecular formula is C19H25NO4. The lowest BCUT2D eigenvalue weighted by atomic mass is 9.96. The Hall–Kier alpha value is -2.04. The van der Waals surface area contributed by atoms with E-state index in [1.807, 2.05) is 24.3 Å². The zero-order valence-electron chi connectivity index (χ0n) is 13.9. The van der Waals surface area contributed by atoms with E-state index >= 15 is 0 Å². The lowest BCUT2D eigenvalue weighted by molar-refractivity contribution is -0.143. The Labute approximate surface area is 142 Å². The van der Waals surface area contributed by atoms with Gasteiger partial charge in [0, 0.05) is 18.7 Å². The molecule has 1 aliphatic carbocycles. The van der Waals surface area contributed by atoms with Crippen LogP contribution in [0.2, 0.25) is 0 Å². The second-order valence-corrected chi connectivity index (χ2v) is 6.81. The summed E-state index contributed by atoms with van der Waals surface area (Å²) in [7, 11) is 0. The van der Waals surface area contributed by atoms with E-state index in [9.17, 15) is 9.59 Å². The number of benzene rings is 1. The number of aliphatic carboxylic acids is 1. The number of amides is 1. The largest absolute Gasteiger partial charge is 0.490 e. The van der Waals surface area contributed by atoms with Crippen molar-refractivity contribution >= 4 is 11.9 Å². The fourth-order valence-corrected chi connectivity index (χ4v) is 3.56. The molecule has 2 fully saturated rings. The van der Waals surface area contributed by atoms with Gasteiger partial charge in [-0.1, -0.05) is 6.42 Å². The van der Waals surface area contributed by atoms with E-state index < -0.39 is 5.97 Å². The molecule has 0 bridgehead atoms. The molecule has 24 heavy (non-hydrogen) atoms. The van der Waals surface area contributed by atoms with Crippen molar-refractivity contribution in [3.8, 4) is 5.75 Å². The summed E-state index contributed by atoms with van der Waals surface area (Å²) >= 11 is 0. The molecule has 0 atom stereocenters. The molecule has 1 aromatic rings. The van der Waals surface area contributed by atoms with Gasteiger partial charge < -0.3 is 14.7 Å². The Balaban J connectivity index is 1.55. The number of carboxylic acids is 1. The molecule has 0 spiro atoms. The van der Waals surface area contributed by atoms with Gasteiger partial charge in [0.1, 0.15) is 5.75 Å². The molecule has 1 aromatic carbocycles. The first-order chi connectivity index (χ1) is 11.6. The van der Waals surface area contributed by atoms with Gasteiger partial charge in [0.15, 0.2) is 0 Å². The van der Waals surface area contributed by atoms with E-state index in [-0.39, 0.29) is 11.8 Å². The maximum absolute atomic E-state index is 12.5. The van der Waals surface area contributed by atoms with Crippen molar-refractivity contribution in [1.29, 1.82) is 0 Å². The number of likely N-dealkylation sites (tertiary alicyclic amines) is 1. The average molecular weight is 331 g/mol. The zero-order valence-corrected chi connectivity index (χ0v) is 13.9. The number of nitrogens with zero attached hydrogens (tertiary/aromatic N) is 1. The smallest absolute Gasteiger partial charge is 0.306 e. The predicted molar refractivity (Wildman–Crippen MR) is 90.2 cm³/mol. The van der Waals surface area contributed by atoms with Crippen molar-refractivity contribution in [2.75, 3.05) is 13.1 Å². The third-order valence-corrected chi connectivity index (χ3v) is 5.09. The average Bonchev–Trinajstić information content (AvgIpc) is 2.63. The van der Waals surface area contributed by atoms with E-state index in [2.05, 4.69) is 0 Å². The Bertz CT molecular complexity index is 570.